The molecule has 3 heterocycles. The van der Waals surface area contributed by atoms with Gasteiger partial charge in [-0.25, -0.2) is 0 Å². The van der Waals surface area contributed by atoms with Gasteiger partial charge in [0.15, 0.2) is 5.82 Å². The molecule has 1 N–H and O–H groups in total. The Labute approximate surface area is 146 Å². The van der Waals surface area contributed by atoms with Gasteiger partial charge in [-0.1, -0.05) is 18.0 Å². The van der Waals surface area contributed by atoms with E-state index in [1.165, 1.54) is 0 Å². The average Bonchev–Trinajstić information content (AvgIpc) is 3.06. The molecule has 0 aromatic carbocycles. The van der Waals surface area contributed by atoms with Gasteiger partial charge in [0, 0.05) is 24.4 Å². The van der Waals surface area contributed by atoms with E-state index in [4.69, 9.17) is 14.0 Å². The number of hydrogen-bond acceptors (Lipinski definition) is 6. The van der Waals surface area contributed by atoms with Crippen LogP contribution in [-0.2, 0) is 19.8 Å². The third-order valence-corrected chi connectivity index (χ3v) is 6.29. The Morgan fingerprint density at radius 2 is 2.00 bits per heavy atom. The van der Waals surface area contributed by atoms with Gasteiger partial charge in [-0.15, -0.1) is 0 Å². The maximum absolute atomic E-state index is 13.0. The lowest BCUT2D eigenvalue weighted by molar-refractivity contribution is -0.134. The number of ether oxygens (including phenoxy) is 2. The zero-order chi connectivity index (χ0) is 16.9. The van der Waals surface area contributed by atoms with Crippen molar-refractivity contribution in [3.05, 3.63) is 11.7 Å². The zero-order valence-electron chi connectivity index (χ0n) is 14.4. The maximum atomic E-state index is 13.0. The van der Waals surface area contributed by atoms with Crippen LogP contribution in [-0.4, -0.2) is 42.0 Å². The standard InChI is InChI=1S/C18H25N3O4/c22-15(14-13-5-8-23-9-12(13)10-24-14)20-18(6-1-2-7-18)17-19-16(25-21-17)11-3-4-11/h11-14H,1-10H2,(H,20,22). The Hall–Kier alpha value is -1.47. The van der Waals surface area contributed by atoms with Crippen molar-refractivity contribution in [1.82, 2.24) is 15.5 Å². The van der Waals surface area contributed by atoms with E-state index >= 15 is 0 Å². The second-order valence-corrected chi connectivity index (χ2v) is 8.05. The lowest BCUT2D eigenvalue weighted by Crippen LogP contribution is -2.50. The molecule has 2 saturated carbocycles. The molecule has 5 rings (SSSR count). The highest BCUT2D eigenvalue weighted by molar-refractivity contribution is 5.82. The van der Waals surface area contributed by atoms with Crippen LogP contribution < -0.4 is 5.32 Å². The Kier molecular flexibility index (Phi) is 3.82. The summed E-state index contributed by atoms with van der Waals surface area (Å²) in [5.74, 6) is 2.40. The molecular weight excluding hydrogens is 322 g/mol. The monoisotopic (exact) mass is 347 g/mol. The smallest absolute Gasteiger partial charge is 0.250 e. The molecule has 3 atom stereocenters. The number of fused-ring (bicyclic) bond motifs is 1. The van der Waals surface area contributed by atoms with Crippen molar-refractivity contribution < 1.29 is 18.8 Å². The van der Waals surface area contributed by atoms with Crippen molar-refractivity contribution in [1.29, 1.82) is 0 Å². The summed E-state index contributed by atoms with van der Waals surface area (Å²) in [6, 6.07) is 0. The van der Waals surface area contributed by atoms with Crippen LogP contribution in [0.5, 0.6) is 0 Å². The second kappa shape index (κ2) is 6.06. The Morgan fingerprint density at radius 3 is 2.80 bits per heavy atom. The summed E-state index contributed by atoms with van der Waals surface area (Å²) in [7, 11) is 0. The zero-order valence-corrected chi connectivity index (χ0v) is 14.4. The van der Waals surface area contributed by atoms with Crippen LogP contribution in [0, 0.1) is 11.8 Å². The van der Waals surface area contributed by atoms with Gasteiger partial charge < -0.3 is 19.3 Å². The third kappa shape index (κ3) is 2.77. The third-order valence-electron chi connectivity index (χ3n) is 6.29. The van der Waals surface area contributed by atoms with Gasteiger partial charge in [-0.2, -0.15) is 4.98 Å². The van der Waals surface area contributed by atoms with Crippen LogP contribution >= 0.6 is 0 Å². The Morgan fingerprint density at radius 1 is 1.16 bits per heavy atom. The molecule has 136 valence electrons. The van der Waals surface area contributed by atoms with Crippen LogP contribution in [0.3, 0.4) is 0 Å². The number of carbonyl (C=O) groups is 1. The lowest BCUT2D eigenvalue weighted by atomic mass is 9.86. The van der Waals surface area contributed by atoms with E-state index in [1.807, 2.05) is 0 Å². The van der Waals surface area contributed by atoms with Gasteiger partial charge in [0.1, 0.15) is 11.6 Å². The fourth-order valence-electron chi connectivity index (χ4n) is 4.62. The molecule has 7 heteroatoms. The summed E-state index contributed by atoms with van der Waals surface area (Å²) in [6.07, 6.45) is 6.64. The Bertz CT molecular complexity index is 651. The highest BCUT2D eigenvalue weighted by Gasteiger charge is 2.48. The molecule has 25 heavy (non-hydrogen) atoms. The molecule has 1 amide bonds. The van der Waals surface area contributed by atoms with Crippen molar-refractivity contribution in [2.75, 3.05) is 19.8 Å². The fraction of sp³-hybridized carbons (Fsp3) is 0.833. The molecule has 1 aromatic rings. The van der Waals surface area contributed by atoms with Gasteiger partial charge in [-0.3, -0.25) is 4.79 Å². The molecule has 4 aliphatic rings. The minimum absolute atomic E-state index is 0.0194. The molecular formula is C18H25N3O4. The maximum Gasteiger partial charge on any atom is 0.250 e. The minimum atomic E-state index is -0.486. The highest BCUT2D eigenvalue weighted by Crippen LogP contribution is 2.42. The predicted molar refractivity (Wildman–Crippen MR) is 86.7 cm³/mol. The van der Waals surface area contributed by atoms with E-state index in [2.05, 4.69) is 15.5 Å². The summed E-state index contributed by atoms with van der Waals surface area (Å²) in [5, 5.41) is 7.50. The number of amides is 1. The number of hydrogen-bond donors (Lipinski definition) is 1. The van der Waals surface area contributed by atoms with Gasteiger partial charge in [0.2, 0.25) is 11.8 Å². The van der Waals surface area contributed by atoms with E-state index in [1.54, 1.807) is 0 Å². The van der Waals surface area contributed by atoms with Crippen molar-refractivity contribution in [3.63, 3.8) is 0 Å². The van der Waals surface area contributed by atoms with Gasteiger partial charge in [-0.05, 0) is 32.1 Å². The largest absolute Gasteiger partial charge is 0.381 e. The van der Waals surface area contributed by atoms with E-state index < -0.39 is 5.54 Å². The van der Waals surface area contributed by atoms with Crippen molar-refractivity contribution in [2.24, 2.45) is 11.8 Å². The van der Waals surface area contributed by atoms with E-state index in [-0.39, 0.29) is 17.9 Å². The van der Waals surface area contributed by atoms with Crippen LogP contribution in [0.15, 0.2) is 4.52 Å². The SMILES string of the molecule is O=C(NC1(c2noc(C3CC3)n2)CCCC1)C1OCC2COCCC21. The molecule has 0 bridgehead atoms. The molecule has 2 aliphatic heterocycles. The molecule has 2 saturated heterocycles. The molecule has 2 aliphatic carbocycles. The number of rotatable bonds is 4. The fourth-order valence-corrected chi connectivity index (χ4v) is 4.62. The molecule has 0 spiro atoms. The number of nitrogens with zero attached hydrogens (tertiary/aromatic N) is 2. The van der Waals surface area contributed by atoms with Gasteiger partial charge in [0.05, 0.1) is 13.2 Å². The quantitative estimate of drug-likeness (QED) is 0.895. The molecule has 7 nitrogen and oxygen atoms in total. The Balaban J connectivity index is 1.35. The van der Waals surface area contributed by atoms with Crippen LogP contribution in [0.25, 0.3) is 0 Å². The summed E-state index contributed by atoms with van der Waals surface area (Å²) in [6.45, 7) is 2.04. The minimum Gasteiger partial charge on any atom is -0.381 e. The van der Waals surface area contributed by atoms with Crippen molar-refractivity contribution >= 4 is 5.91 Å². The number of nitrogens with one attached hydrogen (secondary N) is 1. The molecule has 0 radical (unpaired) electrons. The predicted octanol–water partition coefficient (Wildman–Crippen LogP) is 1.88. The van der Waals surface area contributed by atoms with Crippen LogP contribution in [0.4, 0.5) is 0 Å². The lowest BCUT2D eigenvalue weighted by Gasteiger charge is -2.31. The van der Waals surface area contributed by atoms with E-state index in [9.17, 15) is 4.79 Å². The topological polar surface area (TPSA) is 86.5 Å². The molecule has 1 aromatic heterocycles. The van der Waals surface area contributed by atoms with Gasteiger partial charge >= 0.3 is 0 Å². The molecule has 4 fully saturated rings. The van der Waals surface area contributed by atoms with Gasteiger partial charge in [0.25, 0.3) is 0 Å². The average molecular weight is 347 g/mol. The molecule has 3 unspecified atom stereocenters. The van der Waals surface area contributed by atoms with Crippen molar-refractivity contribution in [3.8, 4) is 0 Å². The first kappa shape index (κ1) is 15.8. The first-order chi connectivity index (χ1) is 12.3. The van der Waals surface area contributed by atoms with Crippen molar-refractivity contribution in [2.45, 2.75) is 62.5 Å². The first-order valence-corrected chi connectivity index (χ1v) is 9.61. The highest BCUT2D eigenvalue weighted by atomic mass is 16.5. The summed E-state index contributed by atoms with van der Waals surface area (Å²) in [5.41, 5.74) is -0.486. The van der Waals surface area contributed by atoms with E-state index in [0.29, 0.717) is 30.9 Å². The summed E-state index contributed by atoms with van der Waals surface area (Å²) in [4.78, 5) is 17.7. The van der Waals surface area contributed by atoms with Crippen LogP contribution in [0.2, 0.25) is 0 Å². The normalized spacial score (nSPS) is 34.0. The summed E-state index contributed by atoms with van der Waals surface area (Å²) >= 11 is 0. The second-order valence-electron chi connectivity index (χ2n) is 8.05. The number of carbonyl (C=O) groups excluding carboxylic acids is 1. The van der Waals surface area contributed by atoms with E-state index in [0.717, 1.165) is 57.4 Å². The number of aromatic nitrogens is 2. The first-order valence-electron chi connectivity index (χ1n) is 9.61. The van der Waals surface area contributed by atoms with Crippen LogP contribution in [0.1, 0.15) is 62.6 Å². The summed E-state index contributed by atoms with van der Waals surface area (Å²) < 4.78 is 16.8.